The zero-order valence-electron chi connectivity index (χ0n) is 18.9. The molecule has 180 valence electrons. The first kappa shape index (κ1) is 23.5. The van der Waals surface area contributed by atoms with Gasteiger partial charge in [-0.05, 0) is 37.1 Å². The van der Waals surface area contributed by atoms with Crippen molar-refractivity contribution < 1.29 is 28.6 Å². The maximum Gasteiger partial charge on any atom is 0.319 e. The van der Waals surface area contributed by atoms with Crippen LogP contribution in [-0.4, -0.2) is 79.5 Å². The van der Waals surface area contributed by atoms with Gasteiger partial charge in [-0.15, -0.1) is 0 Å². The van der Waals surface area contributed by atoms with Gasteiger partial charge in [0.1, 0.15) is 11.9 Å². The van der Waals surface area contributed by atoms with Gasteiger partial charge in [-0.25, -0.2) is 4.79 Å². The van der Waals surface area contributed by atoms with Crippen LogP contribution in [0.4, 0.5) is 10.5 Å². The molecule has 2 aliphatic rings. The largest absolute Gasteiger partial charge is 0.497 e. The van der Waals surface area contributed by atoms with Crippen molar-refractivity contribution >= 4 is 11.7 Å². The molecular weight excluding hydrogens is 428 g/mol. The molecule has 3 heterocycles. The number of hydrogen-bond donors (Lipinski definition) is 3. The van der Waals surface area contributed by atoms with E-state index in [4.69, 9.17) is 18.7 Å². The summed E-state index contributed by atoms with van der Waals surface area (Å²) in [4.78, 5) is 14.5. The molecule has 0 saturated carbocycles. The van der Waals surface area contributed by atoms with E-state index in [1.807, 2.05) is 6.07 Å². The van der Waals surface area contributed by atoms with Gasteiger partial charge in [-0.2, -0.15) is 0 Å². The Kier molecular flexibility index (Phi) is 8.16. The van der Waals surface area contributed by atoms with Gasteiger partial charge in [-0.1, -0.05) is 5.16 Å². The van der Waals surface area contributed by atoms with Gasteiger partial charge in [0.15, 0.2) is 5.76 Å². The van der Waals surface area contributed by atoms with Crippen molar-refractivity contribution in [3.05, 3.63) is 41.8 Å². The van der Waals surface area contributed by atoms with E-state index < -0.39 is 12.2 Å². The predicted molar refractivity (Wildman–Crippen MR) is 120 cm³/mol. The number of aliphatic hydroxyl groups is 1. The molecule has 3 N–H and O–H groups in total. The average molecular weight is 461 g/mol. The Morgan fingerprint density at radius 3 is 2.79 bits per heavy atom. The third-order valence-corrected chi connectivity index (χ3v) is 5.92. The maximum absolute atomic E-state index is 12.2. The first-order chi connectivity index (χ1) is 16.1. The molecule has 0 unspecified atom stereocenters. The molecule has 0 aliphatic carbocycles. The number of carbonyl (C=O) groups is 1. The molecular formula is C23H32N4O6. The Labute approximate surface area is 193 Å². The number of hydrogen-bond acceptors (Lipinski definition) is 8. The number of aliphatic hydroxyl groups excluding tert-OH is 1. The van der Waals surface area contributed by atoms with Gasteiger partial charge in [0, 0.05) is 37.8 Å². The zero-order chi connectivity index (χ0) is 23.0. The van der Waals surface area contributed by atoms with Crippen LogP contribution >= 0.6 is 0 Å². The highest BCUT2D eigenvalue weighted by molar-refractivity contribution is 5.89. The molecule has 0 radical (unpaired) electrons. The minimum atomic E-state index is -0.628. The lowest BCUT2D eigenvalue weighted by molar-refractivity contribution is -0.113. The summed E-state index contributed by atoms with van der Waals surface area (Å²) in [6.07, 6.45) is 0.734. The van der Waals surface area contributed by atoms with Crippen LogP contribution in [0.2, 0.25) is 0 Å². The van der Waals surface area contributed by atoms with Crippen molar-refractivity contribution in [3.8, 4) is 5.75 Å². The van der Waals surface area contributed by atoms with Crippen LogP contribution in [0.3, 0.4) is 0 Å². The lowest BCUT2D eigenvalue weighted by atomic mass is 9.98. The number of morpholine rings is 1. The van der Waals surface area contributed by atoms with Gasteiger partial charge in [0.2, 0.25) is 0 Å². The van der Waals surface area contributed by atoms with Crippen molar-refractivity contribution in [3.63, 3.8) is 0 Å². The van der Waals surface area contributed by atoms with Crippen LogP contribution in [0.5, 0.6) is 5.75 Å². The zero-order valence-corrected chi connectivity index (χ0v) is 18.9. The lowest BCUT2D eigenvalue weighted by Crippen LogP contribution is -2.47. The van der Waals surface area contributed by atoms with Crippen LogP contribution in [-0.2, 0) is 22.4 Å². The molecule has 2 amide bonds. The number of carbonyl (C=O) groups excluding carboxylic acids is 1. The number of anilines is 1. The van der Waals surface area contributed by atoms with Crippen molar-refractivity contribution in [2.75, 3.05) is 45.3 Å². The number of nitrogens with one attached hydrogen (secondary N) is 2. The summed E-state index contributed by atoms with van der Waals surface area (Å²) < 4.78 is 22.1. The Balaban J connectivity index is 1.22. The first-order valence-electron chi connectivity index (χ1n) is 11.4. The monoisotopic (exact) mass is 460 g/mol. The molecule has 1 aromatic heterocycles. The fourth-order valence-electron chi connectivity index (χ4n) is 4.07. The van der Waals surface area contributed by atoms with E-state index in [1.54, 1.807) is 31.4 Å². The number of urea groups is 1. The van der Waals surface area contributed by atoms with Gasteiger partial charge in [0.05, 0.1) is 44.8 Å². The average Bonchev–Trinajstić information content (AvgIpc) is 3.27. The molecule has 1 aromatic carbocycles. The quantitative estimate of drug-likeness (QED) is 0.546. The van der Waals surface area contributed by atoms with E-state index in [2.05, 4.69) is 20.7 Å². The molecule has 2 saturated heterocycles. The summed E-state index contributed by atoms with van der Waals surface area (Å²) in [6, 6.07) is 8.66. The third kappa shape index (κ3) is 6.91. The van der Waals surface area contributed by atoms with E-state index in [9.17, 15) is 9.90 Å². The molecule has 33 heavy (non-hydrogen) atoms. The fourth-order valence-corrected chi connectivity index (χ4v) is 4.07. The highest BCUT2D eigenvalue weighted by Crippen LogP contribution is 2.23. The number of benzene rings is 1. The fraction of sp³-hybridized carbons (Fsp3) is 0.565. The second kappa shape index (κ2) is 11.5. The smallest absolute Gasteiger partial charge is 0.319 e. The summed E-state index contributed by atoms with van der Waals surface area (Å²) in [5.41, 5.74) is 1.49. The van der Waals surface area contributed by atoms with E-state index in [1.165, 1.54) is 0 Å². The van der Waals surface area contributed by atoms with E-state index in [-0.39, 0.29) is 18.7 Å². The second-order valence-electron chi connectivity index (χ2n) is 8.38. The molecule has 0 spiro atoms. The SMILES string of the molecule is COc1ccc(NC(=O)NC[C@H]2O[C@H](Cc3cc(CN4CCOCC4)on3)CC[C@@H]2O)cc1. The van der Waals surface area contributed by atoms with Crippen molar-refractivity contribution in [1.82, 2.24) is 15.4 Å². The molecule has 3 atom stereocenters. The summed E-state index contributed by atoms with van der Waals surface area (Å²) in [6.45, 7) is 4.19. The minimum Gasteiger partial charge on any atom is -0.497 e. The molecule has 2 aliphatic heterocycles. The number of amides is 2. The number of rotatable bonds is 8. The number of methoxy groups -OCH3 is 1. The van der Waals surface area contributed by atoms with Crippen LogP contribution in [0.15, 0.2) is 34.9 Å². The Morgan fingerprint density at radius 2 is 2.03 bits per heavy atom. The summed E-state index contributed by atoms with van der Waals surface area (Å²) >= 11 is 0. The Hall–Kier alpha value is -2.66. The second-order valence-corrected chi connectivity index (χ2v) is 8.38. The van der Waals surface area contributed by atoms with Crippen LogP contribution in [0.25, 0.3) is 0 Å². The van der Waals surface area contributed by atoms with E-state index in [0.29, 0.717) is 24.3 Å². The van der Waals surface area contributed by atoms with Gasteiger partial charge >= 0.3 is 6.03 Å². The topological polar surface area (TPSA) is 118 Å². The molecule has 2 fully saturated rings. The predicted octanol–water partition coefficient (Wildman–Crippen LogP) is 1.79. The lowest BCUT2D eigenvalue weighted by Gasteiger charge is -2.33. The summed E-state index contributed by atoms with van der Waals surface area (Å²) in [7, 11) is 1.59. The first-order valence-corrected chi connectivity index (χ1v) is 11.4. The normalized spacial score (nSPS) is 23.8. The van der Waals surface area contributed by atoms with E-state index in [0.717, 1.165) is 50.7 Å². The van der Waals surface area contributed by atoms with Crippen LogP contribution in [0, 0.1) is 0 Å². The molecule has 10 heteroatoms. The summed E-state index contributed by atoms with van der Waals surface area (Å²) in [5.74, 6) is 1.54. The minimum absolute atomic E-state index is 0.0915. The van der Waals surface area contributed by atoms with E-state index >= 15 is 0 Å². The molecule has 10 nitrogen and oxygen atoms in total. The highest BCUT2D eigenvalue weighted by Gasteiger charge is 2.31. The van der Waals surface area contributed by atoms with Crippen molar-refractivity contribution in [2.45, 2.75) is 44.1 Å². The van der Waals surface area contributed by atoms with Crippen molar-refractivity contribution in [1.29, 1.82) is 0 Å². The Morgan fingerprint density at radius 1 is 1.24 bits per heavy atom. The van der Waals surface area contributed by atoms with Gasteiger partial charge in [-0.3, -0.25) is 4.90 Å². The number of aromatic nitrogens is 1. The standard InChI is InChI=1S/C23H32N4O6/c1-30-18-4-2-16(3-5-18)25-23(29)24-14-22-21(28)7-6-19(32-22)12-17-13-20(33-26-17)15-27-8-10-31-11-9-27/h2-5,13,19,21-22,28H,6-12,14-15H2,1H3,(H2,24,25,29)/t19-,21-,22+/m0/s1. The molecule has 0 bridgehead atoms. The number of ether oxygens (including phenoxy) is 3. The third-order valence-electron chi connectivity index (χ3n) is 5.92. The van der Waals surface area contributed by atoms with Gasteiger partial charge in [0.25, 0.3) is 0 Å². The Bertz CT molecular complexity index is 883. The van der Waals surface area contributed by atoms with Gasteiger partial charge < -0.3 is 34.5 Å². The van der Waals surface area contributed by atoms with Crippen LogP contribution < -0.4 is 15.4 Å². The molecule has 2 aromatic rings. The number of nitrogens with zero attached hydrogens (tertiary/aromatic N) is 2. The van der Waals surface area contributed by atoms with Crippen LogP contribution in [0.1, 0.15) is 24.3 Å². The molecule has 4 rings (SSSR count). The highest BCUT2D eigenvalue weighted by atomic mass is 16.5. The maximum atomic E-state index is 12.2. The summed E-state index contributed by atoms with van der Waals surface area (Å²) in [5, 5.41) is 20.1. The van der Waals surface area contributed by atoms with Crippen molar-refractivity contribution in [2.24, 2.45) is 0 Å².